The van der Waals surface area contributed by atoms with Crippen molar-refractivity contribution in [2.45, 2.75) is 0 Å². The van der Waals surface area contributed by atoms with Crippen LogP contribution >= 0.6 is 0 Å². The molecule has 10 rings (SSSR count). The lowest BCUT2D eigenvalue weighted by atomic mass is 9.97. The van der Waals surface area contributed by atoms with Crippen LogP contribution in [0.3, 0.4) is 0 Å². The number of hydrogen-bond acceptors (Lipinski definition) is 3. The Kier molecular flexibility index (Phi) is 6.81. The Bertz CT molecular complexity index is 2860. The highest BCUT2D eigenvalue weighted by atomic mass is 16.3. The molecule has 0 fully saturated rings. The third-order valence-corrected chi connectivity index (χ3v) is 9.89. The van der Waals surface area contributed by atoms with E-state index in [9.17, 15) is 0 Å². The standard InChI is InChI=1S/C48H31NO2/c1-2-13-32(14-3-1)33-27-29-34(30-28-33)35-15-10-16-36(31-35)49(43-23-12-26-46-47(43)41-19-6-9-25-45(41)50-46)42-22-7-4-17-37(42)39-20-11-21-40-38-18-5-8-24-44(38)51-48(39)40/h1-31H. The van der Waals surface area contributed by atoms with Gasteiger partial charge < -0.3 is 13.7 Å². The normalized spacial score (nSPS) is 11.5. The molecule has 0 saturated carbocycles. The highest BCUT2D eigenvalue weighted by Crippen LogP contribution is 2.48. The number of rotatable bonds is 6. The summed E-state index contributed by atoms with van der Waals surface area (Å²) in [6.07, 6.45) is 0. The lowest BCUT2D eigenvalue weighted by Crippen LogP contribution is -2.11. The summed E-state index contributed by atoms with van der Waals surface area (Å²) in [7, 11) is 0. The van der Waals surface area contributed by atoms with Crippen molar-refractivity contribution in [3.8, 4) is 33.4 Å². The average Bonchev–Trinajstić information content (AvgIpc) is 3.78. The molecule has 8 aromatic carbocycles. The molecule has 2 heterocycles. The number of anilines is 3. The van der Waals surface area contributed by atoms with Crippen molar-refractivity contribution in [2.75, 3.05) is 4.90 Å². The van der Waals surface area contributed by atoms with Crippen molar-refractivity contribution < 1.29 is 8.83 Å². The van der Waals surface area contributed by atoms with Gasteiger partial charge in [-0.05, 0) is 64.7 Å². The second-order valence-corrected chi connectivity index (χ2v) is 12.9. The Morgan fingerprint density at radius 1 is 0.333 bits per heavy atom. The van der Waals surface area contributed by atoms with Gasteiger partial charge in [-0.25, -0.2) is 0 Å². The third-order valence-electron chi connectivity index (χ3n) is 9.89. The van der Waals surface area contributed by atoms with Gasteiger partial charge in [0.05, 0.1) is 16.8 Å². The summed E-state index contributed by atoms with van der Waals surface area (Å²) in [5.74, 6) is 0. The van der Waals surface area contributed by atoms with E-state index in [0.717, 1.165) is 83.2 Å². The van der Waals surface area contributed by atoms with Gasteiger partial charge >= 0.3 is 0 Å². The summed E-state index contributed by atoms with van der Waals surface area (Å²) < 4.78 is 13.0. The highest BCUT2D eigenvalue weighted by molar-refractivity contribution is 6.15. The predicted molar refractivity (Wildman–Crippen MR) is 212 cm³/mol. The molecule has 3 heteroatoms. The summed E-state index contributed by atoms with van der Waals surface area (Å²) >= 11 is 0. The summed E-state index contributed by atoms with van der Waals surface area (Å²) in [6.45, 7) is 0. The number of furan rings is 2. The van der Waals surface area contributed by atoms with Crippen molar-refractivity contribution in [2.24, 2.45) is 0 Å². The lowest BCUT2D eigenvalue weighted by Gasteiger charge is -2.29. The average molecular weight is 654 g/mol. The molecule has 0 unspecified atom stereocenters. The fourth-order valence-corrected chi connectivity index (χ4v) is 7.52. The van der Waals surface area contributed by atoms with Crippen LogP contribution < -0.4 is 4.90 Å². The Morgan fingerprint density at radius 2 is 0.882 bits per heavy atom. The van der Waals surface area contributed by atoms with Gasteiger partial charge in [-0.3, -0.25) is 0 Å². The number of para-hydroxylation sites is 4. The molecule has 51 heavy (non-hydrogen) atoms. The van der Waals surface area contributed by atoms with E-state index in [4.69, 9.17) is 8.83 Å². The van der Waals surface area contributed by atoms with Crippen LogP contribution in [0.15, 0.2) is 197 Å². The highest BCUT2D eigenvalue weighted by Gasteiger charge is 2.23. The Labute approximate surface area is 295 Å². The summed E-state index contributed by atoms with van der Waals surface area (Å²) in [5.41, 5.74) is 13.4. The second kappa shape index (κ2) is 11.9. The second-order valence-electron chi connectivity index (χ2n) is 12.9. The van der Waals surface area contributed by atoms with E-state index in [0.29, 0.717) is 0 Å². The van der Waals surface area contributed by atoms with Crippen LogP contribution in [0.1, 0.15) is 0 Å². The molecule has 240 valence electrons. The van der Waals surface area contributed by atoms with E-state index in [-0.39, 0.29) is 0 Å². The molecule has 2 aromatic heterocycles. The molecule has 0 amide bonds. The SMILES string of the molecule is c1ccc(-c2ccc(-c3cccc(N(c4ccccc4-c4cccc5c4oc4ccccc45)c4cccc5oc6ccccc6c45)c3)cc2)cc1. The van der Waals surface area contributed by atoms with Crippen LogP contribution in [0, 0.1) is 0 Å². The smallest absolute Gasteiger partial charge is 0.143 e. The van der Waals surface area contributed by atoms with Gasteiger partial charge in [-0.15, -0.1) is 0 Å². The van der Waals surface area contributed by atoms with Gasteiger partial charge in [0.2, 0.25) is 0 Å². The largest absolute Gasteiger partial charge is 0.456 e. The topological polar surface area (TPSA) is 29.5 Å². The Morgan fingerprint density at radius 3 is 1.73 bits per heavy atom. The minimum atomic E-state index is 0.850. The molecule has 0 N–H and O–H groups in total. The van der Waals surface area contributed by atoms with Crippen molar-refractivity contribution in [3.63, 3.8) is 0 Å². The van der Waals surface area contributed by atoms with E-state index in [1.807, 2.05) is 24.3 Å². The first-order valence-electron chi connectivity index (χ1n) is 17.3. The van der Waals surface area contributed by atoms with Crippen LogP contribution in [0.25, 0.3) is 77.3 Å². The molecule has 0 bridgehead atoms. The van der Waals surface area contributed by atoms with E-state index >= 15 is 0 Å². The summed E-state index contributed by atoms with van der Waals surface area (Å²) in [5, 5.41) is 4.37. The van der Waals surface area contributed by atoms with Gasteiger partial charge in [-0.2, -0.15) is 0 Å². The monoisotopic (exact) mass is 653 g/mol. The maximum absolute atomic E-state index is 6.58. The molecule has 0 radical (unpaired) electrons. The molecule has 0 spiro atoms. The first-order chi connectivity index (χ1) is 25.3. The Hall–Kier alpha value is -6.84. The van der Waals surface area contributed by atoms with Crippen molar-refractivity contribution in [3.05, 3.63) is 188 Å². The van der Waals surface area contributed by atoms with Gasteiger partial charge in [-0.1, -0.05) is 146 Å². The molecule has 3 nitrogen and oxygen atoms in total. The van der Waals surface area contributed by atoms with Crippen LogP contribution in [-0.2, 0) is 0 Å². The van der Waals surface area contributed by atoms with Crippen molar-refractivity contribution in [1.82, 2.24) is 0 Å². The van der Waals surface area contributed by atoms with Crippen molar-refractivity contribution >= 4 is 60.9 Å². The number of fused-ring (bicyclic) bond motifs is 6. The summed E-state index contributed by atoms with van der Waals surface area (Å²) in [6, 6.07) is 66.2. The van der Waals surface area contributed by atoms with E-state index in [1.165, 1.54) is 11.1 Å². The fraction of sp³-hybridized carbons (Fsp3) is 0. The van der Waals surface area contributed by atoms with Gasteiger partial charge in [0, 0.05) is 33.0 Å². The molecule has 0 atom stereocenters. The zero-order valence-corrected chi connectivity index (χ0v) is 27.7. The number of benzene rings is 8. The number of nitrogens with zero attached hydrogens (tertiary/aromatic N) is 1. The minimum absolute atomic E-state index is 0.850. The van der Waals surface area contributed by atoms with Crippen LogP contribution in [-0.4, -0.2) is 0 Å². The maximum Gasteiger partial charge on any atom is 0.143 e. The van der Waals surface area contributed by atoms with Crippen molar-refractivity contribution in [1.29, 1.82) is 0 Å². The molecule has 0 aliphatic carbocycles. The van der Waals surface area contributed by atoms with E-state index in [2.05, 4.69) is 169 Å². The van der Waals surface area contributed by atoms with Crippen LogP contribution in [0.2, 0.25) is 0 Å². The number of hydrogen-bond donors (Lipinski definition) is 0. The molecule has 10 aromatic rings. The van der Waals surface area contributed by atoms with E-state index < -0.39 is 0 Å². The first-order valence-corrected chi connectivity index (χ1v) is 17.3. The van der Waals surface area contributed by atoms with E-state index in [1.54, 1.807) is 0 Å². The first kappa shape index (κ1) is 29.1. The predicted octanol–water partition coefficient (Wildman–Crippen LogP) is 14.0. The maximum atomic E-state index is 6.58. The summed E-state index contributed by atoms with van der Waals surface area (Å²) in [4.78, 5) is 2.38. The molecule has 0 aliphatic rings. The van der Waals surface area contributed by atoms with Crippen LogP contribution in [0.4, 0.5) is 17.1 Å². The fourth-order valence-electron chi connectivity index (χ4n) is 7.52. The molecular formula is C48H31NO2. The zero-order valence-electron chi connectivity index (χ0n) is 27.7. The zero-order chi connectivity index (χ0) is 33.7. The Balaban J connectivity index is 1.20. The molecule has 0 saturated heterocycles. The van der Waals surface area contributed by atoms with Gasteiger partial charge in [0.25, 0.3) is 0 Å². The lowest BCUT2D eigenvalue weighted by molar-refractivity contribution is 0.669. The van der Waals surface area contributed by atoms with Gasteiger partial charge in [0.15, 0.2) is 0 Å². The van der Waals surface area contributed by atoms with Crippen LogP contribution in [0.5, 0.6) is 0 Å². The quantitative estimate of drug-likeness (QED) is 0.179. The van der Waals surface area contributed by atoms with Gasteiger partial charge in [0.1, 0.15) is 22.3 Å². The molecular weight excluding hydrogens is 623 g/mol. The third kappa shape index (κ3) is 4.90. The molecule has 0 aliphatic heterocycles. The minimum Gasteiger partial charge on any atom is -0.456 e.